The van der Waals surface area contributed by atoms with Crippen molar-refractivity contribution >= 4 is 23.3 Å². The molecular weight excluding hydrogens is 246 g/mol. The van der Waals surface area contributed by atoms with Gasteiger partial charge in [-0.3, -0.25) is 9.59 Å². The van der Waals surface area contributed by atoms with Gasteiger partial charge in [0.05, 0.1) is 12.2 Å². The Balaban J connectivity index is 2.81. The molecule has 0 aromatic heterocycles. The molecule has 1 amide bonds. The van der Waals surface area contributed by atoms with Crippen molar-refractivity contribution in [2.75, 3.05) is 37.9 Å². The molecule has 3 N–H and O–H groups in total. The molecule has 0 radical (unpaired) electrons. The zero-order valence-electron chi connectivity index (χ0n) is 11.4. The number of anilines is 2. The Morgan fingerprint density at radius 3 is 2.63 bits per heavy atom. The first-order valence-corrected chi connectivity index (χ1v) is 5.96. The highest BCUT2D eigenvalue weighted by molar-refractivity contribution is 6.01. The van der Waals surface area contributed by atoms with Crippen molar-refractivity contribution in [2.45, 2.75) is 6.92 Å². The molecule has 1 rings (SSSR count). The third kappa shape index (κ3) is 4.17. The Hall–Kier alpha value is -2.24. The van der Waals surface area contributed by atoms with Gasteiger partial charge < -0.3 is 20.7 Å². The number of esters is 1. The van der Waals surface area contributed by atoms with E-state index in [0.29, 0.717) is 11.3 Å². The fourth-order valence-corrected chi connectivity index (χ4v) is 1.59. The summed E-state index contributed by atoms with van der Waals surface area (Å²) < 4.78 is 4.74. The zero-order valence-corrected chi connectivity index (χ0v) is 11.4. The molecule has 0 aliphatic carbocycles. The zero-order chi connectivity index (χ0) is 14.4. The lowest BCUT2D eigenvalue weighted by atomic mass is 10.1. The number of hydrogen-bond donors (Lipinski definition) is 2. The molecule has 0 bridgehead atoms. The summed E-state index contributed by atoms with van der Waals surface area (Å²) in [7, 11) is 3.65. The normalized spacial score (nSPS) is 9.84. The van der Waals surface area contributed by atoms with Gasteiger partial charge in [-0.15, -0.1) is 0 Å². The first kappa shape index (κ1) is 14.8. The van der Waals surface area contributed by atoms with Crippen LogP contribution >= 0.6 is 0 Å². The molecular formula is C13H19N3O3. The molecule has 0 saturated carbocycles. The quantitative estimate of drug-likeness (QED) is 0.602. The Morgan fingerprint density at radius 2 is 2.05 bits per heavy atom. The van der Waals surface area contributed by atoms with Gasteiger partial charge in [0, 0.05) is 25.5 Å². The summed E-state index contributed by atoms with van der Waals surface area (Å²) in [4.78, 5) is 25.0. The smallest absolute Gasteiger partial charge is 0.325 e. The molecule has 0 saturated heterocycles. The molecule has 0 unspecified atom stereocenters. The van der Waals surface area contributed by atoms with Crippen LogP contribution in [0.5, 0.6) is 0 Å². The summed E-state index contributed by atoms with van der Waals surface area (Å²) in [6.07, 6.45) is 0. The third-order valence-corrected chi connectivity index (χ3v) is 2.45. The highest BCUT2D eigenvalue weighted by Crippen LogP contribution is 2.21. The highest BCUT2D eigenvalue weighted by atomic mass is 16.5. The minimum atomic E-state index is -0.467. The number of hydrogen-bond acceptors (Lipinski definition) is 5. The summed E-state index contributed by atoms with van der Waals surface area (Å²) in [5.74, 6) is -0.824. The number of rotatable bonds is 5. The molecule has 1 aromatic rings. The van der Waals surface area contributed by atoms with E-state index in [1.165, 1.54) is 0 Å². The van der Waals surface area contributed by atoms with Crippen LogP contribution in [-0.4, -0.2) is 39.1 Å². The van der Waals surface area contributed by atoms with Crippen LogP contribution in [0.25, 0.3) is 0 Å². The highest BCUT2D eigenvalue weighted by Gasteiger charge is 2.14. The first-order chi connectivity index (χ1) is 8.95. The van der Waals surface area contributed by atoms with E-state index in [4.69, 9.17) is 10.5 Å². The molecule has 0 aliphatic heterocycles. The second-order valence-electron chi connectivity index (χ2n) is 4.16. The van der Waals surface area contributed by atoms with E-state index in [-0.39, 0.29) is 19.1 Å². The van der Waals surface area contributed by atoms with Gasteiger partial charge in [0.25, 0.3) is 5.91 Å². The third-order valence-electron chi connectivity index (χ3n) is 2.45. The van der Waals surface area contributed by atoms with Crippen molar-refractivity contribution in [3.63, 3.8) is 0 Å². The number of carbonyl (C=O) groups is 2. The van der Waals surface area contributed by atoms with E-state index in [2.05, 4.69) is 5.32 Å². The number of carbonyl (C=O) groups excluding carboxylic acids is 2. The predicted molar refractivity (Wildman–Crippen MR) is 74.1 cm³/mol. The number of nitrogen functional groups attached to an aromatic ring is 1. The summed E-state index contributed by atoms with van der Waals surface area (Å²) in [6, 6.07) is 5.06. The maximum atomic E-state index is 12.0. The second kappa shape index (κ2) is 6.63. The van der Waals surface area contributed by atoms with E-state index in [1.807, 2.05) is 14.1 Å². The van der Waals surface area contributed by atoms with Gasteiger partial charge >= 0.3 is 5.97 Å². The van der Waals surface area contributed by atoms with E-state index in [9.17, 15) is 9.59 Å². The van der Waals surface area contributed by atoms with Gasteiger partial charge in [-0.05, 0) is 25.1 Å². The van der Waals surface area contributed by atoms with Crippen LogP contribution < -0.4 is 16.0 Å². The Kier molecular flexibility index (Phi) is 5.17. The largest absolute Gasteiger partial charge is 0.465 e. The number of amides is 1. The summed E-state index contributed by atoms with van der Waals surface area (Å²) in [5.41, 5.74) is 7.33. The van der Waals surface area contributed by atoms with Crippen molar-refractivity contribution in [2.24, 2.45) is 0 Å². The molecule has 104 valence electrons. The lowest BCUT2D eigenvalue weighted by Gasteiger charge is -2.17. The number of nitrogens with one attached hydrogen (secondary N) is 1. The summed E-state index contributed by atoms with van der Waals surface area (Å²) >= 11 is 0. The van der Waals surface area contributed by atoms with Crippen LogP contribution in [0.1, 0.15) is 17.3 Å². The molecule has 0 spiro atoms. The van der Waals surface area contributed by atoms with Gasteiger partial charge in [0.1, 0.15) is 6.54 Å². The van der Waals surface area contributed by atoms with Crippen molar-refractivity contribution < 1.29 is 14.3 Å². The molecule has 0 heterocycles. The maximum Gasteiger partial charge on any atom is 0.325 e. The second-order valence-corrected chi connectivity index (χ2v) is 4.16. The average Bonchev–Trinajstić information content (AvgIpc) is 2.35. The summed E-state index contributed by atoms with van der Waals surface area (Å²) in [6.45, 7) is 1.84. The van der Waals surface area contributed by atoms with Gasteiger partial charge in [0.15, 0.2) is 0 Å². The molecule has 0 atom stereocenters. The lowest BCUT2D eigenvalue weighted by Crippen LogP contribution is -2.31. The molecule has 6 nitrogen and oxygen atoms in total. The van der Waals surface area contributed by atoms with Gasteiger partial charge in [-0.25, -0.2) is 0 Å². The van der Waals surface area contributed by atoms with Crippen molar-refractivity contribution in [1.29, 1.82) is 0 Å². The van der Waals surface area contributed by atoms with Gasteiger partial charge in [-0.1, -0.05) is 0 Å². The molecule has 1 aromatic carbocycles. The Labute approximate surface area is 112 Å². The minimum absolute atomic E-state index is 0.158. The predicted octanol–water partition coefficient (Wildman–Crippen LogP) is 0.628. The van der Waals surface area contributed by atoms with E-state index in [1.54, 1.807) is 30.0 Å². The monoisotopic (exact) mass is 265 g/mol. The molecule has 0 aliphatic rings. The number of benzene rings is 1. The van der Waals surface area contributed by atoms with E-state index < -0.39 is 5.97 Å². The van der Waals surface area contributed by atoms with Crippen molar-refractivity contribution in [3.05, 3.63) is 23.8 Å². The van der Waals surface area contributed by atoms with Crippen LogP contribution in [0.3, 0.4) is 0 Å². The fraction of sp³-hybridized carbons (Fsp3) is 0.385. The Bertz CT molecular complexity index is 472. The maximum absolute atomic E-state index is 12.0. The van der Waals surface area contributed by atoms with Crippen LogP contribution in [0.15, 0.2) is 18.2 Å². The lowest BCUT2D eigenvalue weighted by molar-refractivity contribution is -0.141. The molecule has 0 fully saturated rings. The summed E-state index contributed by atoms with van der Waals surface area (Å²) in [5, 5.41) is 2.51. The van der Waals surface area contributed by atoms with Crippen LogP contribution in [0.2, 0.25) is 0 Å². The number of ether oxygens (including phenoxy) is 1. The average molecular weight is 265 g/mol. The molecule has 19 heavy (non-hydrogen) atoms. The first-order valence-electron chi connectivity index (χ1n) is 5.96. The van der Waals surface area contributed by atoms with Gasteiger partial charge in [-0.2, -0.15) is 0 Å². The van der Waals surface area contributed by atoms with Crippen molar-refractivity contribution in [1.82, 2.24) is 5.32 Å². The van der Waals surface area contributed by atoms with Crippen molar-refractivity contribution in [3.8, 4) is 0 Å². The fourth-order valence-electron chi connectivity index (χ4n) is 1.59. The standard InChI is InChI=1S/C13H19N3O3/c1-4-19-12(17)8-15-13(18)10-7-9(14)5-6-11(10)16(2)3/h5-7H,4,8,14H2,1-3H3,(H,15,18). The molecule has 6 heteroatoms. The van der Waals surface area contributed by atoms with E-state index in [0.717, 1.165) is 5.69 Å². The van der Waals surface area contributed by atoms with Crippen LogP contribution in [-0.2, 0) is 9.53 Å². The number of nitrogens with zero attached hydrogens (tertiary/aromatic N) is 1. The SMILES string of the molecule is CCOC(=O)CNC(=O)c1cc(N)ccc1N(C)C. The van der Waals surface area contributed by atoms with Gasteiger partial charge in [0.2, 0.25) is 0 Å². The van der Waals surface area contributed by atoms with E-state index >= 15 is 0 Å². The van der Waals surface area contributed by atoms with Crippen LogP contribution in [0.4, 0.5) is 11.4 Å². The Morgan fingerprint density at radius 1 is 1.37 bits per heavy atom. The van der Waals surface area contributed by atoms with Crippen LogP contribution in [0, 0.1) is 0 Å². The minimum Gasteiger partial charge on any atom is -0.465 e. The topological polar surface area (TPSA) is 84.7 Å². The number of nitrogens with two attached hydrogens (primary N) is 1.